The quantitative estimate of drug-likeness (QED) is 0.731. The van der Waals surface area contributed by atoms with Crippen molar-refractivity contribution in [2.24, 2.45) is 7.05 Å². The summed E-state index contributed by atoms with van der Waals surface area (Å²) in [4.78, 5) is 23.4. The fourth-order valence-electron chi connectivity index (χ4n) is 2.52. The lowest BCUT2D eigenvalue weighted by atomic mass is 10.2. The van der Waals surface area contributed by atoms with Crippen molar-refractivity contribution >= 4 is 33.2 Å². The normalized spacial score (nSPS) is 16.3. The molecule has 0 saturated carbocycles. The fraction of sp³-hybridized carbons (Fsp3) is 0.250. The van der Waals surface area contributed by atoms with Crippen molar-refractivity contribution in [3.05, 3.63) is 36.2 Å². The number of sulfonamides is 1. The summed E-state index contributed by atoms with van der Waals surface area (Å²) < 4.78 is 34.5. The van der Waals surface area contributed by atoms with Crippen molar-refractivity contribution < 1.29 is 22.7 Å². The smallest absolute Gasteiger partial charge is 0.267 e. The van der Waals surface area contributed by atoms with E-state index in [4.69, 9.17) is 4.74 Å². The van der Waals surface area contributed by atoms with Crippen molar-refractivity contribution in [1.29, 1.82) is 0 Å². The summed E-state index contributed by atoms with van der Waals surface area (Å²) in [5.74, 6) is -0.242. The molecule has 1 aromatic heterocycles. The van der Waals surface area contributed by atoms with Gasteiger partial charge >= 0.3 is 0 Å². The minimum atomic E-state index is -3.91. The fourth-order valence-corrected chi connectivity index (χ4v) is 3.64. The van der Waals surface area contributed by atoms with E-state index in [1.807, 2.05) is 0 Å². The number of aromatic nitrogens is 1. The van der Waals surface area contributed by atoms with Crippen molar-refractivity contribution in [3.63, 3.8) is 0 Å². The van der Waals surface area contributed by atoms with Crippen LogP contribution in [0, 0.1) is 0 Å². The molecule has 0 aliphatic carbocycles. The number of fused-ring (bicyclic) bond motifs is 1. The molecule has 26 heavy (non-hydrogen) atoms. The lowest BCUT2D eigenvalue weighted by molar-refractivity contribution is -0.122. The van der Waals surface area contributed by atoms with Gasteiger partial charge in [-0.05, 0) is 31.2 Å². The topological polar surface area (TPSA) is 119 Å². The molecule has 9 nitrogen and oxygen atoms in total. The number of carbonyl (C=O) groups is 2. The standard InChI is InChI=1S/C16H18N4O5S/c1-9-15(21)18-12-6-10(4-5-14(12)25-9)19-26(23,24)11-7-13(16(22)17-2)20(3)8-11/h4-9,19H,1-3H3,(H,17,22)(H,18,21)/t9-/m0/s1. The maximum atomic E-state index is 12.6. The second kappa shape index (κ2) is 6.37. The number of hydrogen-bond donors (Lipinski definition) is 3. The number of nitrogens with zero attached hydrogens (tertiary/aromatic N) is 1. The average molecular weight is 378 g/mol. The summed E-state index contributed by atoms with van der Waals surface area (Å²) in [6.45, 7) is 1.62. The third kappa shape index (κ3) is 3.23. The molecule has 0 radical (unpaired) electrons. The van der Waals surface area contributed by atoms with Gasteiger partial charge in [0.2, 0.25) is 0 Å². The number of aryl methyl sites for hydroxylation is 1. The maximum Gasteiger partial charge on any atom is 0.267 e. The zero-order chi connectivity index (χ0) is 19.1. The van der Waals surface area contributed by atoms with Crippen LogP contribution in [0.3, 0.4) is 0 Å². The van der Waals surface area contributed by atoms with Gasteiger partial charge < -0.3 is 19.9 Å². The Morgan fingerprint density at radius 1 is 1.31 bits per heavy atom. The van der Waals surface area contributed by atoms with Crippen LogP contribution in [0.1, 0.15) is 17.4 Å². The SMILES string of the molecule is CNC(=O)c1cc(S(=O)(=O)Nc2ccc3c(c2)NC(=O)[C@H](C)O3)cn1C. The first-order valence-electron chi connectivity index (χ1n) is 7.74. The molecular formula is C16H18N4O5S. The first-order chi connectivity index (χ1) is 12.2. The van der Waals surface area contributed by atoms with E-state index in [1.54, 1.807) is 20.0 Å². The van der Waals surface area contributed by atoms with E-state index in [9.17, 15) is 18.0 Å². The molecule has 1 aliphatic rings. The van der Waals surface area contributed by atoms with Gasteiger partial charge in [0.25, 0.3) is 21.8 Å². The molecule has 3 N–H and O–H groups in total. The van der Waals surface area contributed by atoms with E-state index in [-0.39, 0.29) is 22.2 Å². The molecule has 0 bridgehead atoms. The van der Waals surface area contributed by atoms with E-state index in [1.165, 1.54) is 36.0 Å². The Morgan fingerprint density at radius 2 is 2.04 bits per heavy atom. The lowest BCUT2D eigenvalue weighted by Crippen LogP contribution is -2.34. The summed E-state index contributed by atoms with van der Waals surface area (Å²) in [6.07, 6.45) is 0.732. The molecule has 1 atom stereocenters. The molecule has 0 fully saturated rings. The monoisotopic (exact) mass is 378 g/mol. The van der Waals surface area contributed by atoms with Crippen LogP contribution in [-0.2, 0) is 21.9 Å². The van der Waals surface area contributed by atoms with Crippen LogP contribution in [0.15, 0.2) is 35.4 Å². The molecule has 2 aromatic rings. The summed E-state index contributed by atoms with van der Waals surface area (Å²) in [7, 11) is -0.868. The highest BCUT2D eigenvalue weighted by atomic mass is 32.2. The van der Waals surface area contributed by atoms with Crippen LogP contribution >= 0.6 is 0 Å². The minimum Gasteiger partial charge on any atom is -0.479 e. The molecule has 2 heterocycles. The molecule has 138 valence electrons. The van der Waals surface area contributed by atoms with Crippen LogP contribution in [0.4, 0.5) is 11.4 Å². The highest BCUT2D eigenvalue weighted by Gasteiger charge is 2.25. The van der Waals surface area contributed by atoms with Crippen molar-refractivity contribution in [2.75, 3.05) is 17.1 Å². The number of amides is 2. The molecule has 0 spiro atoms. The number of carbonyl (C=O) groups excluding carboxylic acids is 2. The van der Waals surface area contributed by atoms with Crippen LogP contribution in [0.5, 0.6) is 5.75 Å². The van der Waals surface area contributed by atoms with Gasteiger partial charge in [-0.3, -0.25) is 14.3 Å². The number of ether oxygens (including phenoxy) is 1. The number of benzene rings is 1. The maximum absolute atomic E-state index is 12.6. The van der Waals surface area contributed by atoms with Crippen molar-refractivity contribution in [1.82, 2.24) is 9.88 Å². The molecule has 0 saturated heterocycles. The zero-order valence-electron chi connectivity index (χ0n) is 14.4. The number of anilines is 2. The summed E-state index contributed by atoms with van der Waals surface area (Å²) in [5.41, 5.74) is 0.855. The molecule has 0 unspecified atom stereocenters. The molecular weight excluding hydrogens is 360 g/mol. The van der Waals surface area contributed by atoms with Gasteiger partial charge in [0.05, 0.1) is 11.4 Å². The molecule has 3 rings (SSSR count). The predicted molar refractivity (Wildman–Crippen MR) is 94.8 cm³/mol. The largest absolute Gasteiger partial charge is 0.479 e. The van der Waals surface area contributed by atoms with Crippen LogP contribution in [0.2, 0.25) is 0 Å². The third-order valence-electron chi connectivity index (χ3n) is 3.91. The minimum absolute atomic E-state index is 0.0507. The van der Waals surface area contributed by atoms with Gasteiger partial charge in [0, 0.05) is 20.3 Å². The van der Waals surface area contributed by atoms with E-state index >= 15 is 0 Å². The number of nitrogens with one attached hydrogen (secondary N) is 3. The Kier molecular flexibility index (Phi) is 4.36. The van der Waals surface area contributed by atoms with Crippen LogP contribution < -0.4 is 20.1 Å². The van der Waals surface area contributed by atoms with E-state index < -0.39 is 22.0 Å². The Morgan fingerprint density at radius 3 is 2.73 bits per heavy atom. The Balaban J connectivity index is 1.88. The predicted octanol–water partition coefficient (Wildman–Crippen LogP) is 0.905. The Hall–Kier alpha value is -3.01. The molecule has 2 amide bonds. The molecule has 1 aromatic carbocycles. The highest BCUT2D eigenvalue weighted by molar-refractivity contribution is 7.92. The first-order valence-corrected chi connectivity index (χ1v) is 9.22. The third-order valence-corrected chi connectivity index (χ3v) is 5.26. The second-order valence-corrected chi connectivity index (χ2v) is 7.50. The Labute approximate surface area is 150 Å². The van der Waals surface area contributed by atoms with Crippen molar-refractivity contribution in [3.8, 4) is 5.75 Å². The van der Waals surface area contributed by atoms with Gasteiger partial charge in [-0.1, -0.05) is 0 Å². The first kappa shape index (κ1) is 17.8. The number of rotatable bonds is 4. The Bertz CT molecular complexity index is 996. The number of hydrogen-bond acceptors (Lipinski definition) is 5. The van der Waals surface area contributed by atoms with Crippen LogP contribution in [-0.4, -0.2) is 38.0 Å². The summed E-state index contributed by atoms with van der Waals surface area (Å²) >= 11 is 0. The van der Waals surface area contributed by atoms with E-state index in [2.05, 4.69) is 15.4 Å². The average Bonchev–Trinajstić information content (AvgIpc) is 2.98. The van der Waals surface area contributed by atoms with E-state index in [0.717, 1.165) is 0 Å². The van der Waals surface area contributed by atoms with Gasteiger partial charge in [0.1, 0.15) is 16.3 Å². The highest BCUT2D eigenvalue weighted by Crippen LogP contribution is 2.33. The van der Waals surface area contributed by atoms with Crippen molar-refractivity contribution in [2.45, 2.75) is 17.9 Å². The van der Waals surface area contributed by atoms with E-state index in [0.29, 0.717) is 11.4 Å². The van der Waals surface area contributed by atoms with Gasteiger partial charge in [-0.15, -0.1) is 0 Å². The van der Waals surface area contributed by atoms with Gasteiger partial charge in [0.15, 0.2) is 6.10 Å². The summed E-state index contributed by atoms with van der Waals surface area (Å²) in [6, 6.07) is 5.86. The zero-order valence-corrected chi connectivity index (χ0v) is 15.2. The molecule has 1 aliphatic heterocycles. The molecule has 10 heteroatoms. The van der Waals surface area contributed by atoms with Gasteiger partial charge in [-0.2, -0.15) is 0 Å². The second-order valence-electron chi connectivity index (χ2n) is 5.82. The summed E-state index contributed by atoms with van der Waals surface area (Å²) in [5, 5.41) is 5.10. The van der Waals surface area contributed by atoms with Gasteiger partial charge in [-0.25, -0.2) is 8.42 Å². The lowest BCUT2D eigenvalue weighted by Gasteiger charge is -2.23. The van der Waals surface area contributed by atoms with Crippen LogP contribution in [0.25, 0.3) is 0 Å².